The molecular weight excluding hydrogens is 1020 g/mol. The Labute approximate surface area is 518 Å². The summed E-state index contributed by atoms with van der Waals surface area (Å²) in [6, 6.07) is -0.625. The van der Waals surface area contributed by atoms with E-state index in [2.05, 4.69) is 55.6 Å². The summed E-state index contributed by atoms with van der Waals surface area (Å²) in [7, 11) is 0. The van der Waals surface area contributed by atoms with Gasteiger partial charge in [0.1, 0.15) is 0 Å². The molecule has 6 nitrogen and oxygen atoms in total. The lowest BCUT2D eigenvalue weighted by molar-refractivity contribution is -0.143. The molecule has 488 valence electrons. The highest BCUT2D eigenvalue weighted by atomic mass is 16.5. The van der Waals surface area contributed by atoms with Gasteiger partial charge in [-0.25, -0.2) is 0 Å². The van der Waals surface area contributed by atoms with Crippen LogP contribution in [0.5, 0.6) is 0 Å². The molecule has 0 bridgehead atoms. The van der Waals surface area contributed by atoms with Gasteiger partial charge in [-0.05, 0) is 89.9 Å². The lowest BCUT2D eigenvalue weighted by atomic mass is 10.0. The van der Waals surface area contributed by atoms with Crippen molar-refractivity contribution in [3.05, 3.63) is 48.6 Å². The fourth-order valence-electron chi connectivity index (χ4n) is 11.6. The maximum absolute atomic E-state index is 12.5. The molecule has 0 aromatic rings. The van der Waals surface area contributed by atoms with E-state index in [1.54, 1.807) is 6.08 Å². The van der Waals surface area contributed by atoms with Gasteiger partial charge in [-0.3, -0.25) is 9.59 Å². The van der Waals surface area contributed by atoms with Gasteiger partial charge in [0.05, 0.1) is 25.4 Å². The summed E-state index contributed by atoms with van der Waals surface area (Å²) in [4.78, 5) is 24.6. The van der Waals surface area contributed by atoms with E-state index in [0.717, 1.165) is 51.4 Å². The van der Waals surface area contributed by atoms with E-state index in [1.165, 1.54) is 327 Å². The molecule has 0 aromatic carbocycles. The first-order chi connectivity index (χ1) is 41.0. The van der Waals surface area contributed by atoms with Crippen molar-refractivity contribution in [1.82, 2.24) is 5.32 Å². The minimum atomic E-state index is -0.841. The number of ether oxygens (including phenoxy) is 1. The molecule has 0 heterocycles. The van der Waals surface area contributed by atoms with E-state index in [0.29, 0.717) is 19.4 Å². The normalized spacial score (nSPS) is 12.8. The second-order valence-electron chi connectivity index (χ2n) is 25.6. The molecule has 83 heavy (non-hydrogen) atoms. The lowest BCUT2D eigenvalue weighted by Gasteiger charge is -2.20. The van der Waals surface area contributed by atoms with Crippen molar-refractivity contribution in [3.8, 4) is 0 Å². The van der Waals surface area contributed by atoms with Crippen LogP contribution in [-0.2, 0) is 14.3 Å². The molecule has 1 amide bonds. The van der Waals surface area contributed by atoms with Crippen LogP contribution in [0, 0.1) is 0 Å². The first kappa shape index (κ1) is 80.8. The van der Waals surface area contributed by atoms with E-state index in [9.17, 15) is 19.8 Å². The Morgan fingerprint density at radius 3 is 0.952 bits per heavy atom. The summed E-state index contributed by atoms with van der Waals surface area (Å²) < 4.78 is 5.49. The Bertz CT molecular complexity index is 1390. The molecule has 0 fully saturated rings. The summed E-state index contributed by atoms with van der Waals surface area (Å²) in [5.41, 5.74) is 0. The molecule has 0 aliphatic carbocycles. The van der Waals surface area contributed by atoms with Gasteiger partial charge in [0.25, 0.3) is 0 Å². The maximum atomic E-state index is 12.5. The zero-order chi connectivity index (χ0) is 59.9. The Morgan fingerprint density at radius 1 is 0.337 bits per heavy atom. The van der Waals surface area contributed by atoms with Crippen molar-refractivity contribution in [2.24, 2.45) is 0 Å². The number of esters is 1. The minimum absolute atomic E-state index is 0.00732. The number of nitrogens with one attached hydrogen (secondary N) is 1. The Hall–Kier alpha value is -2.18. The predicted molar refractivity (Wildman–Crippen MR) is 366 cm³/mol. The number of allylic oxidation sites excluding steroid dienone is 7. The van der Waals surface area contributed by atoms with Crippen LogP contribution in [0.2, 0.25) is 0 Å². The zero-order valence-electron chi connectivity index (χ0n) is 55.9. The van der Waals surface area contributed by atoms with Crippen molar-refractivity contribution >= 4 is 11.9 Å². The summed E-state index contributed by atoms with van der Waals surface area (Å²) >= 11 is 0. The molecule has 0 rings (SSSR count). The Balaban J connectivity index is 3.34. The molecule has 0 aliphatic heterocycles. The molecule has 2 atom stereocenters. The van der Waals surface area contributed by atoms with E-state index in [-0.39, 0.29) is 18.5 Å². The van der Waals surface area contributed by atoms with Gasteiger partial charge >= 0.3 is 5.97 Å². The number of aliphatic hydroxyl groups excluding tert-OH is 2. The summed E-state index contributed by atoms with van der Waals surface area (Å²) in [6.45, 7) is 4.90. The van der Waals surface area contributed by atoms with E-state index < -0.39 is 12.1 Å². The van der Waals surface area contributed by atoms with Crippen LogP contribution >= 0.6 is 0 Å². The quantitative estimate of drug-likeness (QED) is 0.0320. The van der Waals surface area contributed by atoms with Crippen molar-refractivity contribution < 1.29 is 24.5 Å². The van der Waals surface area contributed by atoms with Gasteiger partial charge in [-0.2, -0.15) is 0 Å². The zero-order valence-corrected chi connectivity index (χ0v) is 55.9. The van der Waals surface area contributed by atoms with Crippen LogP contribution in [0.1, 0.15) is 406 Å². The number of amides is 1. The van der Waals surface area contributed by atoms with Crippen molar-refractivity contribution in [2.75, 3.05) is 13.2 Å². The number of carbonyl (C=O) groups excluding carboxylic acids is 2. The molecule has 0 aromatic heterocycles. The Kier molecular flexibility index (Phi) is 70.4. The highest BCUT2D eigenvalue weighted by Crippen LogP contribution is 2.19. The second kappa shape index (κ2) is 72.3. The highest BCUT2D eigenvalue weighted by Gasteiger charge is 2.18. The number of hydrogen-bond donors (Lipinski definition) is 3. The molecule has 2 unspecified atom stereocenters. The number of unbranched alkanes of at least 4 members (excludes halogenated alkanes) is 53. The second-order valence-corrected chi connectivity index (χ2v) is 25.6. The van der Waals surface area contributed by atoms with Gasteiger partial charge in [-0.15, -0.1) is 0 Å². The van der Waals surface area contributed by atoms with Gasteiger partial charge in [0.15, 0.2) is 0 Å². The van der Waals surface area contributed by atoms with Crippen LogP contribution in [0.25, 0.3) is 0 Å². The van der Waals surface area contributed by atoms with E-state index >= 15 is 0 Å². The third-order valence-corrected chi connectivity index (χ3v) is 17.3. The average Bonchev–Trinajstić information content (AvgIpc) is 3.49. The number of carbonyl (C=O) groups is 2. The maximum Gasteiger partial charge on any atom is 0.305 e. The first-order valence-electron chi connectivity index (χ1n) is 37.4. The van der Waals surface area contributed by atoms with Crippen molar-refractivity contribution in [2.45, 2.75) is 418 Å². The molecule has 0 spiro atoms. The van der Waals surface area contributed by atoms with Crippen LogP contribution in [-0.4, -0.2) is 47.4 Å². The van der Waals surface area contributed by atoms with Crippen LogP contribution in [0.15, 0.2) is 48.6 Å². The topological polar surface area (TPSA) is 95.9 Å². The lowest BCUT2D eigenvalue weighted by Crippen LogP contribution is -2.45. The SMILES string of the molecule is CCCCC/C=C\C/C=C\CCCCCCCC(=O)OCCCCCCCCCCCCCCCCCC/C=C\CCCCCCCCCCCCCCCCCCCC(=O)NC(CO)C(O)/C=C/CCCCCCCCCCCCCC. The monoisotopic (exact) mass is 1160 g/mol. The predicted octanol–water partition coefficient (Wildman–Crippen LogP) is 24.4. The van der Waals surface area contributed by atoms with Gasteiger partial charge in [0.2, 0.25) is 5.91 Å². The molecular formula is C77H145NO5. The number of rotatable bonds is 70. The average molecular weight is 1170 g/mol. The van der Waals surface area contributed by atoms with E-state index in [4.69, 9.17) is 4.74 Å². The number of hydrogen-bond acceptors (Lipinski definition) is 5. The van der Waals surface area contributed by atoms with Crippen molar-refractivity contribution in [3.63, 3.8) is 0 Å². The fraction of sp³-hybridized carbons (Fsp3) is 0.870. The highest BCUT2D eigenvalue weighted by molar-refractivity contribution is 5.76. The molecule has 0 radical (unpaired) electrons. The van der Waals surface area contributed by atoms with Crippen LogP contribution in [0.3, 0.4) is 0 Å². The smallest absolute Gasteiger partial charge is 0.305 e. The molecule has 0 saturated carbocycles. The van der Waals surface area contributed by atoms with Crippen LogP contribution in [0.4, 0.5) is 0 Å². The van der Waals surface area contributed by atoms with Gasteiger partial charge in [0, 0.05) is 12.8 Å². The van der Waals surface area contributed by atoms with Gasteiger partial charge in [-0.1, -0.05) is 351 Å². The minimum Gasteiger partial charge on any atom is -0.466 e. The Morgan fingerprint density at radius 2 is 0.602 bits per heavy atom. The fourth-order valence-corrected chi connectivity index (χ4v) is 11.6. The largest absolute Gasteiger partial charge is 0.466 e. The molecule has 0 aliphatic rings. The van der Waals surface area contributed by atoms with Gasteiger partial charge < -0.3 is 20.3 Å². The third kappa shape index (κ3) is 68.8. The van der Waals surface area contributed by atoms with Crippen LogP contribution < -0.4 is 5.32 Å². The molecule has 3 N–H and O–H groups in total. The van der Waals surface area contributed by atoms with E-state index in [1.807, 2.05) is 6.08 Å². The summed E-state index contributed by atoms with van der Waals surface area (Å²) in [6.07, 6.45) is 95.1. The molecule has 6 heteroatoms. The number of aliphatic hydroxyl groups is 2. The molecule has 0 saturated heterocycles. The summed E-state index contributed by atoms with van der Waals surface area (Å²) in [5, 5.41) is 23.2. The summed E-state index contributed by atoms with van der Waals surface area (Å²) in [5.74, 6) is -0.0550. The standard InChI is InChI=1S/C77H145NO5/c1-3-5-7-9-11-13-15-17-42-47-51-55-59-63-67-71-77(82)83-72-68-64-60-56-52-48-44-41-39-37-35-33-31-29-27-25-23-21-19-20-22-24-26-28-30-32-34-36-38-40-43-46-50-54-58-62-66-70-76(81)78-74(73-79)75(80)69-65-61-57-53-49-45-18-16-14-12-10-8-6-4-2/h11,13,17,19,21,42,65,69,74-75,79-80H,3-10,12,14-16,18,20,22-41,43-64,66-68,70-73H2,1-2H3,(H,78,81)/b13-11-,21-19-,42-17-,69-65+. The first-order valence-corrected chi connectivity index (χ1v) is 37.4. The third-order valence-electron chi connectivity index (χ3n) is 17.3. The van der Waals surface area contributed by atoms with Crippen molar-refractivity contribution in [1.29, 1.82) is 0 Å².